The zero-order valence-electron chi connectivity index (χ0n) is 13.8. The van der Waals surface area contributed by atoms with Crippen molar-refractivity contribution < 1.29 is 9.53 Å². The highest BCUT2D eigenvalue weighted by molar-refractivity contribution is 5.74. The van der Waals surface area contributed by atoms with Gasteiger partial charge in [0.2, 0.25) is 0 Å². The normalized spacial score (nSPS) is 12.3. The molecule has 1 rings (SSSR count). The van der Waals surface area contributed by atoms with E-state index in [1.165, 1.54) is 0 Å². The Hall–Kier alpha value is -2.06. The topological polar surface area (TPSA) is 74.2 Å². The van der Waals surface area contributed by atoms with Gasteiger partial charge in [-0.15, -0.1) is 0 Å². The van der Waals surface area contributed by atoms with Crippen LogP contribution in [0.15, 0.2) is 24.3 Å². The van der Waals surface area contributed by atoms with Gasteiger partial charge in [0.05, 0.1) is 17.2 Å². The van der Waals surface area contributed by atoms with Crippen LogP contribution in [0.25, 0.3) is 0 Å². The van der Waals surface area contributed by atoms with Gasteiger partial charge >= 0.3 is 6.03 Å². The second-order valence-corrected chi connectivity index (χ2v) is 6.03. The summed E-state index contributed by atoms with van der Waals surface area (Å²) >= 11 is 0. The molecule has 0 unspecified atom stereocenters. The molecule has 0 aliphatic rings. The molecule has 2 N–H and O–H groups in total. The maximum Gasteiger partial charge on any atom is 0.315 e. The Kier molecular flexibility index (Phi) is 6.87. The van der Waals surface area contributed by atoms with Crippen LogP contribution < -0.4 is 10.6 Å². The molecular weight excluding hydrogens is 278 g/mol. The van der Waals surface area contributed by atoms with Crippen LogP contribution in [0.5, 0.6) is 0 Å². The third kappa shape index (κ3) is 6.59. The van der Waals surface area contributed by atoms with Gasteiger partial charge in [-0.3, -0.25) is 0 Å². The van der Waals surface area contributed by atoms with Crippen LogP contribution in [-0.2, 0) is 11.2 Å². The van der Waals surface area contributed by atoms with E-state index in [9.17, 15) is 4.79 Å². The Balaban J connectivity index is 2.33. The van der Waals surface area contributed by atoms with Crippen molar-refractivity contribution in [3.63, 3.8) is 0 Å². The molecule has 0 heterocycles. The second kappa shape index (κ2) is 8.40. The third-order valence-electron chi connectivity index (χ3n) is 3.48. The number of amides is 2. The number of methoxy groups -OCH3 is 1. The molecule has 5 heteroatoms. The fraction of sp³-hybridized carbons (Fsp3) is 0.529. The first-order valence-electron chi connectivity index (χ1n) is 7.45. The number of benzene rings is 1. The van der Waals surface area contributed by atoms with Gasteiger partial charge in [0.25, 0.3) is 0 Å². The molecule has 0 saturated carbocycles. The van der Waals surface area contributed by atoms with Crippen LogP contribution in [0.3, 0.4) is 0 Å². The van der Waals surface area contributed by atoms with E-state index >= 15 is 0 Å². The Bertz CT molecular complexity index is 535. The lowest BCUT2D eigenvalue weighted by Crippen LogP contribution is -2.44. The predicted octanol–water partition coefficient (Wildman–Crippen LogP) is 2.60. The van der Waals surface area contributed by atoms with Crippen molar-refractivity contribution in [1.82, 2.24) is 10.6 Å². The second-order valence-electron chi connectivity index (χ2n) is 6.03. The summed E-state index contributed by atoms with van der Waals surface area (Å²) < 4.78 is 5.35. The summed E-state index contributed by atoms with van der Waals surface area (Å²) in [5.74, 6) is 0. The molecule has 120 valence electrons. The van der Waals surface area contributed by atoms with E-state index in [0.29, 0.717) is 18.5 Å². The van der Waals surface area contributed by atoms with E-state index in [-0.39, 0.29) is 17.7 Å². The minimum atomic E-state index is -0.259. The van der Waals surface area contributed by atoms with E-state index in [1.807, 2.05) is 39.0 Å². The first kappa shape index (κ1) is 18.0. The molecule has 5 nitrogen and oxygen atoms in total. The molecule has 1 aromatic carbocycles. The average molecular weight is 303 g/mol. The molecule has 0 saturated heterocycles. The van der Waals surface area contributed by atoms with Crippen LogP contribution in [0, 0.1) is 11.3 Å². The van der Waals surface area contributed by atoms with E-state index in [4.69, 9.17) is 10.00 Å². The van der Waals surface area contributed by atoms with Gasteiger partial charge in [0.1, 0.15) is 0 Å². The molecule has 0 aromatic heterocycles. The molecular formula is C17H25N3O2. The van der Waals surface area contributed by atoms with Crippen molar-refractivity contribution >= 4 is 6.03 Å². The lowest BCUT2D eigenvalue weighted by Gasteiger charge is -2.27. The summed E-state index contributed by atoms with van der Waals surface area (Å²) in [4.78, 5) is 11.8. The van der Waals surface area contributed by atoms with Crippen molar-refractivity contribution in [2.75, 3.05) is 13.7 Å². The smallest absolute Gasteiger partial charge is 0.315 e. The maximum absolute atomic E-state index is 11.8. The summed E-state index contributed by atoms with van der Waals surface area (Å²) in [6.07, 6.45) is 1.43. The highest BCUT2D eigenvalue weighted by Gasteiger charge is 2.21. The number of rotatable bonds is 7. The molecule has 1 aromatic rings. The number of nitriles is 1. The number of carbonyl (C=O) groups is 1. The number of ether oxygens (including phenoxy) is 1. The Morgan fingerprint density at radius 2 is 2.18 bits per heavy atom. The number of urea groups is 1. The molecule has 0 fully saturated rings. The van der Waals surface area contributed by atoms with Crippen LogP contribution in [0.1, 0.15) is 38.3 Å². The number of nitrogens with zero attached hydrogens (tertiary/aromatic N) is 1. The fourth-order valence-electron chi connectivity index (χ4n) is 2.26. The van der Waals surface area contributed by atoms with Gasteiger partial charge in [-0.1, -0.05) is 12.1 Å². The highest BCUT2D eigenvalue weighted by atomic mass is 16.5. The van der Waals surface area contributed by atoms with Crippen LogP contribution in [0.4, 0.5) is 4.79 Å². The van der Waals surface area contributed by atoms with Crippen molar-refractivity contribution in [2.24, 2.45) is 0 Å². The number of carbonyl (C=O) groups excluding carboxylic acids is 1. The Morgan fingerprint density at radius 1 is 1.45 bits per heavy atom. The minimum Gasteiger partial charge on any atom is -0.379 e. The fourth-order valence-corrected chi connectivity index (χ4v) is 2.26. The minimum absolute atomic E-state index is 0.0249. The first-order chi connectivity index (χ1) is 10.4. The van der Waals surface area contributed by atoms with Crippen LogP contribution in [-0.4, -0.2) is 31.3 Å². The van der Waals surface area contributed by atoms with Gasteiger partial charge in [-0.25, -0.2) is 4.79 Å². The number of hydrogen-bond acceptors (Lipinski definition) is 3. The van der Waals surface area contributed by atoms with Gasteiger partial charge < -0.3 is 15.4 Å². The molecule has 0 aliphatic heterocycles. The average Bonchev–Trinajstić information content (AvgIpc) is 2.46. The molecule has 0 aliphatic carbocycles. The SMILES string of the molecule is COC(C)(C)C[C@H](C)NC(=O)NCCc1cccc(C#N)c1. The summed E-state index contributed by atoms with van der Waals surface area (Å²) in [6.45, 7) is 6.47. The standard InChI is InChI=1S/C17H25N3O2/c1-13(11-17(2,3)22-4)20-16(21)19-9-8-14-6-5-7-15(10-14)12-18/h5-7,10,13H,8-9,11H2,1-4H3,(H2,19,20,21)/t13-/m0/s1. The molecule has 0 radical (unpaired) electrons. The largest absolute Gasteiger partial charge is 0.379 e. The Morgan fingerprint density at radius 3 is 2.82 bits per heavy atom. The zero-order chi connectivity index (χ0) is 16.6. The van der Waals surface area contributed by atoms with Crippen molar-refractivity contribution in [3.8, 4) is 6.07 Å². The summed E-state index contributed by atoms with van der Waals surface area (Å²) in [7, 11) is 1.67. The molecule has 1 atom stereocenters. The molecule has 22 heavy (non-hydrogen) atoms. The summed E-state index contributed by atoms with van der Waals surface area (Å²) in [5.41, 5.74) is 1.41. The highest BCUT2D eigenvalue weighted by Crippen LogP contribution is 2.15. The number of nitrogens with one attached hydrogen (secondary N) is 2. The quantitative estimate of drug-likeness (QED) is 0.813. The summed E-state index contributed by atoms with van der Waals surface area (Å²) in [6, 6.07) is 9.35. The lowest BCUT2D eigenvalue weighted by atomic mass is 10.00. The zero-order valence-corrected chi connectivity index (χ0v) is 13.8. The molecule has 2 amide bonds. The monoisotopic (exact) mass is 303 g/mol. The van der Waals surface area contributed by atoms with Gasteiger partial charge in [-0.05, 0) is 51.3 Å². The van der Waals surface area contributed by atoms with Gasteiger partial charge in [0.15, 0.2) is 0 Å². The van der Waals surface area contributed by atoms with Crippen molar-refractivity contribution in [2.45, 2.75) is 45.3 Å². The molecule has 0 bridgehead atoms. The summed E-state index contributed by atoms with van der Waals surface area (Å²) in [5, 5.41) is 14.6. The van der Waals surface area contributed by atoms with Crippen LogP contribution >= 0.6 is 0 Å². The van der Waals surface area contributed by atoms with Crippen LogP contribution in [0.2, 0.25) is 0 Å². The first-order valence-corrected chi connectivity index (χ1v) is 7.45. The van der Waals surface area contributed by atoms with E-state index in [1.54, 1.807) is 13.2 Å². The van der Waals surface area contributed by atoms with Gasteiger partial charge in [0, 0.05) is 19.7 Å². The van der Waals surface area contributed by atoms with Crippen molar-refractivity contribution in [3.05, 3.63) is 35.4 Å². The van der Waals surface area contributed by atoms with Gasteiger partial charge in [-0.2, -0.15) is 5.26 Å². The number of hydrogen-bond donors (Lipinski definition) is 2. The van der Waals surface area contributed by atoms with E-state index < -0.39 is 0 Å². The van der Waals surface area contributed by atoms with E-state index in [0.717, 1.165) is 12.0 Å². The third-order valence-corrected chi connectivity index (χ3v) is 3.48. The predicted molar refractivity (Wildman–Crippen MR) is 86.6 cm³/mol. The Labute approximate surface area is 132 Å². The maximum atomic E-state index is 11.8. The van der Waals surface area contributed by atoms with Crippen molar-refractivity contribution in [1.29, 1.82) is 5.26 Å². The molecule has 0 spiro atoms. The van der Waals surface area contributed by atoms with E-state index in [2.05, 4.69) is 16.7 Å². The lowest BCUT2D eigenvalue weighted by molar-refractivity contribution is 0.00951.